The maximum atomic E-state index is 12.3. The number of aryl methyl sites for hydroxylation is 2. The zero-order valence-corrected chi connectivity index (χ0v) is 21.4. The first-order chi connectivity index (χ1) is 16.9. The summed E-state index contributed by atoms with van der Waals surface area (Å²) >= 11 is 0. The van der Waals surface area contributed by atoms with Crippen LogP contribution in [0.5, 0.6) is 5.75 Å². The summed E-state index contributed by atoms with van der Waals surface area (Å²) in [7, 11) is -9.28. The van der Waals surface area contributed by atoms with Gasteiger partial charge in [-0.1, -0.05) is 35.4 Å². The Morgan fingerprint density at radius 3 is 1.83 bits per heavy atom. The molecule has 0 heterocycles. The van der Waals surface area contributed by atoms with Crippen molar-refractivity contribution in [2.24, 2.45) is 0 Å². The van der Waals surface area contributed by atoms with E-state index < -0.39 is 25.1 Å². The van der Waals surface area contributed by atoms with E-state index in [2.05, 4.69) is 0 Å². The number of ether oxygens (including phenoxy) is 1. The summed E-state index contributed by atoms with van der Waals surface area (Å²) in [6.07, 6.45) is 3.87. The largest absolute Gasteiger partial charge is 0.490 e. The SMILES string of the molecule is Cc1ccc(S(=O)(=O)O)c(-c2cc(OC3CCCC3)c(C=O)c(-c3cc(C)ccc3S(=O)(=O)O)c2)c1. The Bertz CT molecular complexity index is 1550. The molecule has 1 aliphatic carbocycles. The Morgan fingerprint density at radius 2 is 1.31 bits per heavy atom. The maximum Gasteiger partial charge on any atom is 0.295 e. The Hall–Kier alpha value is -3.05. The molecule has 0 atom stereocenters. The number of aldehydes is 1. The Labute approximate surface area is 210 Å². The molecule has 3 aromatic rings. The average molecular weight is 531 g/mol. The van der Waals surface area contributed by atoms with Gasteiger partial charge in [0.25, 0.3) is 20.2 Å². The lowest BCUT2D eigenvalue weighted by Crippen LogP contribution is -2.13. The van der Waals surface area contributed by atoms with Crippen LogP contribution in [0.15, 0.2) is 58.3 Å². The van der Waals surface area contributed by atoms with E-state index in [4.69, 9.17) is 4.74 Å². The first-order valence-electron chi connectivity index (χ1n) is 11.4. The molecular formula is C26H26O8S2. The standard InChI is InChI=1S/C26H26O8S2/c1-16-7-9-25(35(28,29)30)20(11-16)18-13-21(22-12-17(2)8-10-26(22)36(31,32)33)23(15-27)24(14-18)34-19-5-3-4-6-19/h7-15,19H,3-6H2,1-2H3,(H,28,29,30)(H,31,32,33). The van der Waals surface area contributed by atoms with E-state index in [-0.39, 0.29) is 39.0 Å². The first-order valence-corrected chi connectivity index (χ1v) is 14.2. The summed E-state index contributed by atoms with van der Waals surface area (Å²) in [5, 5.41) is 0. The summed E-state index contributed by atoms with van der Waals surface area (Å²) in [6.45, 7) is 3.49. The van der Waals surface area contributed by atoms with Gasteiger partial charge in [-0.3, -0.25) is 13.9 Å². The van der Waals surface area contributed by atoms with Crippen LogP contribution in [0.2, 0.25) is 0 Å². The topological polar surface area (TPSA) is 135 Å². The summed E-state index contributed by atoms with van der Waals surface area (Å²) in [4.78, 5) is 11.6. The van der Waals surface area contributed by atoms with Gasteiger partial charge in [0.1, 0.15) is 15.5 Å². The van der Waals surface area contributed by atoms with Crippen molar-refractivity contribution >= 4 is 26.5 Å². The van der Waals surface area contributed by atoms with Crippen molar-refractivity contribution in [3.8, 4) is 28.0 Å². The van der Waals surface area contributed by atoms with Gasteiger partial charge in [-0.2, -0.15) is 16.8 Å². The number of rotatable bonds is 7. The minimum Gasteiger partial charge on any atom is -0.490 e. The predicted octanol–water partition coefficient (Wildman–Crippen LogP) is 5.26. The molecule has 2 N–H and O–H groups in total. The third-order valence-electron chi connectivity index (χ3n) is 6.28. The highest BCUT2D eigenvalue weighted by molar-refractivity contribution is 7.86. The molecule has 1 aliphatic rings. The van der Waals surface area contributed by atoms with E-state index in [9.17, 15) is 30.7 Å². The number of hydrogen-bond donors (Lipinski definition) is 2. The fraction of sp³-hybridized carbons (Fsp3) is 0.269. The lowest BCUT2D eigenvalue weighted by Gasteiger charge is -2.20. The Morgan fingerprint density at radius 1 is 0.778 bits per heavy atom. The molecule has 0 amide bonds. The molecule has 190 valence electrons. The van der Waals surface area contributed by atoms with Crippen LogP contribution in [0.4, 0.5) is 0 Å². The lowest BCUT2D eigenvalue weighted by molar-refractivity contribution is 0.111. The maximum absolute atomic E-state index is 12.3. The second kappa shape index (κ2) is 9.78. The van der Waals surface area contributed by atoms with Crippen molar-refractivity contribution in [3.05, 3.63) is 65.2 Å². The number of carbonyl (C=O) groups excluding carboxylic acids is 1. The van der Waals surface area contributed by atoms with Gasteiger partial charge < -0.3 is 4.74 Å². The molecule has 8 nitrogen and oxygen atoms in total. The van der Waals surface area contributed by atoms with E-state index in [0.717, 1.165) is 25.7 Å². The van der Waals surface area contributed by atoms with E-state index in [1.54, 1.807) is 26.0 Å². The van der Waals surface area contributed by atoms with E-state index in [1.165, 1.54) is 36.4 Å². The molecular weight excluding hydrogens is 504 g/mol. The minimum atomic E-state index is -4.67. The van der Waals surface area contributed by atoms with E-state index >= 15 is 0 Å². The lowest BCUT2D eigenvalue weighted by atomic mass is 9.92. The van der Waals surface area contributed by atoms with Crippen LogP contribution in [-0.2, 0) is 20.2 Å². The van der Waals surface area contributed by atoms with E-state index in [0.29, 0.717) is 23.0 Å². The summed E-state index contributed by atoms with van der Waals surface area (Å²) in [6, 6.07) is 11.7. The van der Waals surface area contributed by atoms with Crippen LogP contribution in [0.3, 0.4) is 0 Å². The smallest absolute Gasteiger partial charge is 0.295 e. The molecule has 0 aromatic heterocycles. The van der Waals surface area contributed by atoms with Gasteiger partial charge in [0.2, 0.25) is 0 Å². The number of benzene rings is 3. The fourth-order valence-corrected chi connectivity index (χ4v) is 5.96. The Kier molecular flexibility index (Phi) is 7.07. The highest BCUT2D eigenvalue weighted by Gasteiger charge is 2.26. The van der Waals surface area contributed by atoms with Gasteiger partial charge >= 0.3 is 0 Å². The van der Waals surface area contributed by atoms with Crippen LogP contribution in [0.25, 0.3) is 22.3 Å². The molecule has 10 heteroatoms. The number of carbonyl (C=O) groups is 1. The normalized spacial score (nSPS) is 14.7. The van der Waals surface area contributed by atoms with Crippen molar-refractivity contribution in [1.29, 1.82) is 0 Å². The van der Waals surface area contributed by atoms with Crippen molar-refractivity contribution in [2.45, 2.75) is 55.4 Å². The third-order valence-corrected chi connectivity index (χ3v) is 8.11. The summed E-state index contributed by atoms with van der Waals surface area (Å²) < 4.78 is 74.7. The van der Waals surface area contributed by atoms with Gasteiger partial charge in [-0.25, -0.2) is 0 Å². The molecule has 0 spiro atoms. The molecule has 4 rings (SSSR count). The predicted molar refractivity (Wildman–Crippen MR) is 135 cm³/mol. The monoisotopic (exact) mass is 530 g/mol. The minimum absolute atomic E-state index is 0.0683. The van der Waals surface area contributed by atoms with Crippen LogP contribution < -0.4 is 4.74 Å². The molecule has 0 unspecified atom stereocenters. The highest BCUT2D eigenvalue weighted by Crippen LogP contribution is 2.41. The van der Waals surface area contributed by atoms with Crippen molar-refractivity contribution < 1.29 is 35.5 Å². The molecule has 0 radical (unpaired) electrons. The van der Waals surface area contributed by atoms with Gasteiger partial charge in [-0.05, 0) is 74.9 Å². The highest BCUT2D eigenvalue weighted by atomic mass is 32.2. The van der Waals surface area contributed by atoms with Crippen molar-refractivity contribution in [1.82, 2.24) is 0 Å². The quantitative estimate of drug-likeness (QED) is 0.312. The molecule has 0 aliphatic heterocycles. The molecule has 1 fully saturated rings. The first kappa shape index (κ1) is 26.0. The summed E-state index contributed by atoms with van der Waals surface area (Å²) in [5.41, 5.74) is 2.13. The van der Waals surface area contributed by atoms with Gasteiger partial charge in [-0.15, -0.1) is 0 Å². The molecule has 0 bridgehead atoms. The van der Waals surface area contributed by atoms with Gasteiger partial charge in [0.15, 0.2) is 6.29 Å². The van der Waals surface area contributed by atoms with Crippen molar-refractivity contribution in [2.75, 3.05) is 0 Å². The number of hydrogen-bond acceptors (Lipinski definition) is 6. The second-order valence-corrected chi connectivity index (χ2v) is 11.8. The molecule has 1 saturated carbocycles. The Balaban J connectivity index is 2.09. The fourth-order valence-electron chi connectivity index (χ4n) is 4.58. The third kappa shape index (κ3) is 5.36. The van der Waals surface area contributed by atoms with E-state index in [1.807, 2.05) is 0 Å². The molecule has 36 heavy (non-hydrogen) atoms. The van der Waals surface area contributed by atoms with Crippen LogP contribution in [0.1, 0.15) is 47.2 Å². The van der Waals surface area contributed by atoms with Gasteiger partial charge in [0, 0.05) is 11.1 Å². The van der Waals surface area contributed by atoms with Crippen LogP contribution >= 0.6 is 0 Å². The molecule has 3 aromatic carbocycles. The zero-order chi connectivity index (χ0) is 26.3. The zero-order valence-electron chi connectivity index (χ0n) is 19.8. The second-order valence-electron chi connectivity index (χ2n) is 9.03. The summed E-state index contributed by atoms with van der Waals surface area (Å²) in [5.74, 6) is 0.162. The van der Waals surface area contributed by atoms with Gasteiger partial charge in [0.05, 0.1) is 11.7 Å². The molecule has 0 saturated heterocycles. The van der Waals surface area contributed by atoms with Crippen LogP contribution in [0, 0.1) is 13.8 Å². The van der Waals surface area contributed by atoms with Crippen LogP contribution in [-0.4, -0.2) is 38.3 Å². The average Bonchev–Trinajstić information content (AvgIpc) is 3.30. The van der Waals surface area contributed by atoms with Crippen molar-refractivity contribution in [3.63, 3.8) is 0 Å².